The first-order valence-corrected chi connectivity index (χ1v) is 8.73. The normalized spacial score (nSPS) is 10.4. The van der Waals surface area contributed by atoms with Gasteiger partial charge in [0, 0.05) is 10.6 Å². The number of hydrogen-bond acceptors (Lipinski definition) is 5. The lowest BCUT2D eigenvalue weighted by Crippen LogP contribution is -2.10. The Balaban J connectivity index is 1.61. The van der Waals surface area contributed by atoms with E-state index in [0.29, 0.717) is 11.4 Å². The number of ketones is 1. The van der Waals surface area contributed by atoms with Crippen molar-refractivity contribution in [2.24, 2.45) is 0 Å². The number of nitrogens with one attached hydrogen (secondary N) is 1. The second kappa shape index (κ2) is 7.30. The smallest absolute Gasteiger partial charge is 0.291 e. The van der Waals surface area contributed by atoms with Crippen LogP contribution in [0.15, 0.2) is 69.5 Å². The summed E-state index contributed by atoms with van der Waals surface area (Å²) in [5.74, 6) is 0.439. The summed E-state index contributed by atoms with van der Waals surface area (Å²) in [5, 5.41) is 4.66. The van der Waals surface area contributed by atoms with Crippen molar-refractivity contribution in [3.8, 4) is 0 Å². The van der Waals surface area contributed by atoms with Crippen LogP contribution in [0, 0.1) is 0 Å². The molecule has 0 bridgehead atoms. The minimum Gasteiger partial charge on any atom is -0.459 e. The Hall–Kier alpha value is -2.31. The van der Waals surface area contributed by atoms with Crippen LogP contribution in [0.2, 0.25) is 0 Å². The maximum atomic E-state index is 12.0. The minimum absolute atomic E-state index is 0.107. The third kappa shape index (κ3) is 4.12. The Morgan fingerprint density at radius 3 is 2.78 bits per heavy atom. The number of thioether (sulfide) groups is 1. The van der Waals surface area contributed by atoms with Crippen molar-refractivity contribution in [3.05, 3.63) is 70.8 Å². The summed E-state index contributed by atoms with van der Waals surface area (Å²) in [6.07, 6.45) is 1.46. The van der Waals surface area contributed by atoms with E-state index in [1.807, 2.05) is 35.7 Å². The minimum atomic E-state index is -0.299. The number of Topliss-reactive ketones (excluding diaryl/α,β-unsaturated/α-hetero) is 1. The Labute approximate surface area is 141 Å². The second-order valence-corrected chi connectivity index (χ2v) is 6.64. The molecule has 4 nitrogen and oxygen atoms in total. The van der Waals surface area contributed by atoms with Gasteiger partial charge >= 0.3 is 0 Å². The molecule has 0 aliphatic rings. The van der Waals surface area contributed by atoms with E-state index in [1.54, 1.807) is 18.2 Å². The lowest BCUT2D eigenvalue weighted by molar-refractivity contribution is 0.0994. The fraction of sp³-hybridized carbons (Fsp3) is 0.0588. The number of anilines is 1. The number of thiophene rings is 1. The van der Waals surface area contributed by atoms with Crippen molar-refractivity contribution in [2.75, 3.05) is 11.1 Å². The van der Waals surface area contributed by atoms with Crippen LogP contribution < -0.4 is 5.32 Å². The number of furan rings is 1. The molecule has 6 heteroatoms. The van der Waals surface area contributed by atoms with Crippen molar-refractivity contribution < 1.29 is 14.0 Å². The van der Waals surface area contributed by atoms with Crippen molar-refractivity contribution in [1.82, 2.24) is 0 Å². The standard InChI is InChI=1S/C17H13NO3S2/c19-14(16-7-3-9-22-16)11-23-13-5-1-4-12(10-13)18-17(20)15-6-2-8-21-15/h1-10H,11H2,(H,18,20). The topological polar surface area (TPSA) is 59.3 Å². The summed E-state index contributed by atoms with van der Waals surface area (Å²) in [6.45, 7) is 0. The van der Waals surface area contributed by atoms with Gasteiger partial charge in [-0.05, 0) is 41.8 Å². The first-order valence-electron chi connectivity index (χ1n) is 6.87. The van der Waals surface area contributed by atoms with Gasteiger partial charge in [-0.3, -0.25) is 9.59 Å². The molecule has 1 N–H and O–H groups in total. The number of carbonyl (C=O) groups excluding carboxylic acids is 2. The Kier molecular flexibility index (Phi) is 4.95. The number of hydrogen-bond donors (Lipinski definition) is 1. The summed E-state index contributed by atoms with van der Waals surface area (Å²) in [5.41, 5.74) is 0.667. The maximum absolute atomic E-state index is 12.0. The lowest BCUT2D eigenvalue weighted by Gasteiger charge is -2.06. The molecule has 0 atom stereocenters. The molecule has 0 radical (unpaired) electrons. The third-order valence-electron chi connectivity index (χ3n) is 3.00. The van der Waals surface area contributed by atoms with Crippen molar-refractivity contribution in [3.63, 3.8) is 0 Å². The van der Waals surface area contributed by atoms with E-state index in [2.05, 4.69) is 5.32 Å². The van der Waals surface area contributed by atoms with Crippen molar-refractivity contribution in [1.29, 1.82) is 0 Å². The summed E-state index contributed by atoms with van der Waals surface area (Å²) >= 11 is 2.89. The summed E-state index contributed by atoms with van der Waals surface area (Å²) in [7, 11) is 0. The molecular formula is C17H13NO3S2. The van der Waals surface area contributed by atoms with Gasteiger partial charge < -0.3 is 9.73 Å². The van der Waals surface area contributed by atoms with E-state index in [1.165, 1.54) is 29.4 Å². The van der Waals surface area contributed by atoms with Crippen LogP contribution in [0.4, 0.5) is 5.69 Å². The molecule has 1 amide bonds. The molecule has 0 aliphatic heterocycles. The average Bonchev–Trinajstić information content (AvgIpc) is 3.25. The highest BCUT2D eigenvalue weighted by atomic mass is 32.2. The van der Waals surface area contributed by atoms with Gasteiger partial charge in [0.05, 0.1) is 16.9 Å². The highest BCUT2D eigenvalue weighted by molar-refractivity contribution is 8.00. The van der Waals surface area contributed by atoms with Gasteiger partial charge in [0.15, 0.2) is 11.5 Å². The molecule has 0 saturated heterocycles. The highest BCUT2D eigenvalue weighted by Crippen LogP contribution is 2.24. The van der Waals surface area contributed by atoms with Crippen LogP contribution in [0.3, 0.4) is 0 Å². The predicted molar refractivity (Wildman–Crippen MR) is 92.5 cm³/mol. The summed E-state index contributed by atoms with van der Waals surface area (Å²) in [6, 6.07) is 14.4. The van der Waals surface area contributed by atoms with E-state index in [-0.39, 0.29) is 17.5 Å². The molecule has 0 saturated carbocycles. The fourth-order valence-electron chi connectivity index (χ4n) is 1.92. The number of rotatable bonds is 6. The average molecular weight is 343 g/mol. The second-order valence-electron chi connectivity index (χ2n) is 4.65. The first-order chi connectivity index (χ1) is 11.2. The number of amides is 1. The van der Waals surface area contributed by atoms with Crippen LogP contribution in [-0.4, -0.2) is 17.4 Å². The predicted octanol–water partition coefficient (Wildman–Crippen LogP) is 4.57. The van der Waals surface area contributed by atoms with Crippen LogP contribution in [0.25, 0.3) is 0 Å². The van der Waals surface area contributed by atoms with Crippen LogP contribution in [0.1, 0.15) is 20.2 Å². The molecule has 0 spiro atoms. The molecular weight excluding hydrogens is 330 g/mol. The molecule has 1 aromatic carbocycles. The van der Waals surface area contributed by atoms with Crippen molar-refractivity contribution >= 4 is 40.5 Å². The highest BCUT2D eigenvalue weighted by Gasteiger charge is 2.10. The lowest BCUT2D eigenvalue weighted by atomic mass is 10.3. The molecule has 116 valence electrons. The molecule has 2 heterocycles. The number of benzene rings is 1. The van der Waals surface area contributed by atoms with Crippen LogP contribution in [0.5, 0.6) is 0 Å². The zero-order chi connectivity index (χ0) is 16.1. The van der Waals surface area contributed by atoms with E-state index < -0.39 is 0 Å². The number of carbonyl (C=O) groups is 2. The van der Waals surface area contributed by atoms with Gasteiger partial charge in [-0.1, -0.05) is 12.1 Å². The Morgan fingerprint density at radius 2 is 2.04 bits per heavy atom. The Morgan fingerprint density at radius 1 is 1.13 bits per heavy atom. The van der Waals surface area contributed by atoms with Gasteiger partial charge in [-0.25, -0.2) is 0 Å². The van der Waals surface area contributed by atoms with Gasteiger partial charge in [-0.2, -0.15) is 0 Å². The molecule has 3 aromatic rings. The van der Waals surface area contributed by atoms with Crippen molar-refractivity contribution in [2.45, 2.75) is 4.90 Å². The van der Waals surface area contributed by atoms with E-state index in [0.717, 1.165) is 9.77 Å². The molecule has 0 fully saturated rings. The largest absolute Gasteiger partial charge is 0.459 e. The quantitative estimate of drug-likeness (QED) is 0.526. The zero-order valence-corrected chi connectivity index (χ0v) is 13.7. The molecule has 3 rings (SSSR count). The zero-order valence-electron chi connectivity index (χ0n) is 12.0. The van der Waals surface area contributed by atoms with Gasteiger partial charge in [-0.15, -0.1) is 23.1 Å². The molecule has 2 aromatic heterocycles. The summed E-state index contributed by atoms with van der Waals surface area (Å²) in [4.78, 5) is 25.6. The van der Waals surface area contributed by atoms with Gasteiger partial charge in [0.25, 0.3) is 5.91 Å². The fourth-order valence-corrected chi connectivity index (χ4v) is 3.52. The SMILES string of the molecule is O=C(Nc1cccc(SCC(=O)c2cccs2)c1)c1ccco1. The monoisotopic (exact) mass is 343 g/mol. The van der Waals surface area contributed by atoms with E-state index >= 15 is 0 Å². The Bertz CT molecular complexity index is 795. The first kappa shape index (κ1) is 15.6. The van der Waals surface area contributed by atoms with E-state index in [9.17, 15) is 9.59 Å². The summed E-state index contributed by atoms with van der Waals surface area (Å²) < 4.78 is 5.06. The van der Waals surface area contributed by atoms with Crippen LogP contribution in [-0.2, 0) is 0 Å². The van der Waals surface area contributed by atoms with Gasteiger partial charge in [0.2, 0.25) is 0 Å². The molecule has 23 heavy (non-hydrogen) atoms. The third-order valence-corrected chi connectivity index (χ3v) is 4.91. The molecule has 0 aliphatic carbocycles. The maximum Gasteiger partial charge on any atom is 0.291 e. The molecule has 0 unspecified atom stereocenters. The van der Waals surface area contributed by atoms with Crippen LogP contribution >= 0.6 is 23.1 Å². The van der Waals surface area contributed by atoms with Gasteiger partial charge in [0.1, 0.15) is 0 Å². The van der Waals surface area contributed by atoms with E-state index in [4.69, 9.17) is 4.42 Å².